The number of halogens is 2. The zero-order chi connectivity index (χ0) is 12.4. The smallest absolute Gasteiger partial charge is 0.315 e. The van der Waals surface area contributed by atoms with Gasteiger partial charge in [-0.1, -0.05) is 29.3 Å². The molecule has 1 aliphatic heterocycles. The molecule has 0 aliphatic carbocycles. The highest BCUT2D eigenvalue weighted by atomic mass is 35.5. The van der Waals surface area contributed by atoms with E-state index in [2.05, 4.69) is 5.32 Å². The van der Waals surface area contributed by atoms with Crippen molar-refractivity contribution in [3.63, 3.8) is 0 Å². The number of carbonyl (C=O) groups is 1. The molecule has 0 unspecified atom stereocenters. The van der Waals surface area contributed by atoms with Crippen LogP contribution in [0.2, 0.25) is 10.0 Å². The summed E-state index contributed by atoms with van der Waals surface area (Å²) in [5.41, 5.74) is 0.948. The van der Waals surface area contributed by atoms with Gasteiger partial charge in [0.2, 0.25) is 0 Å². The van der Waals surface area contributed by atoms with Gasteiger partial charge in [-0.05, 0) is 12.1 Å². The van der Waals surface area contributed by atoms with Gasteiger partial charge in [-0.15, -0.1) is 0 Å². The van der Waals surface area contributed by atoms with E-state index in [4.69, 9.17) is 27.9 Å². The fourth-order valence-electron chi connectivity index (χ4n) is 2.33. The molecule has 5 heteroatoms. The van der Waals surface area contributed by atoms with E-state index in [9.17, 15) is 4.79 Å². The van der Waals surface area contributed by atoms with Crippen molar-refractivity contribution in [1.82, 2.24) is 0 Å². The number of methoxy groups -OCH3 is 1. The standard InChI is InChI=1S/C12H13Cl2NO2/c1-17-12(16)9-4-5-15-11(9)8-3-2-7(13)6-10(8)14/h2-3,6,9,11,15H,4-5H2,1H3/p+1/t9-,11-/m0/s1. The van der Waals surface area contributed by atoms with Crippen molar-refractivity contribution in [3.8, 4) is 0 Å². The Morgan fingerprint density at radius 1 is 1.47 bits per heavy atom. The van der Waals surface area contributed by atoms with Crippen LogP contribution in [0.4, 0.5) is 0 Å². The number of esters is 1. The topological polar surface area (TPSA) is 42.9 Å². The number of rotatable bonds is 2. The third-order valence-electron chi connectivity index (χ3n) is 3.16. The van der Waals surface area contributed by atoms with Crippen molar-refractivity contribution in [2.45, 2.75) is 12.5 Å². The minimum atomic E-state index is -0.172. The van der Waals surface area contributed by atoms with Crippen molar-refractivity contribution < 1.29 is 14.8 Å². The third kappa shape index (κ3) is 2.57. The maximum Gasteiger partial charge on any atom is 0.315 e. The molecule has 17 heavy (non-hydrogen) atoms. The maximum atomic E-state index is 11.7. The Morgan fingerprint density at radius 3 is 2.88 bits per heavy atom. The van der Waals surface area contributed by atoms with Gasteiger partial charge >= 0.3 is 5.97 Å². The normalized spacial score (nSPS) is 23.7. The van der Waals surface area contributed by atoms with Crippen molar-refractivity contribution in [3.05, 3.63) is 33.8 Å². The predicted molar refractivity (Wildman–Crippen MR) is 66.1 cm³/mol. The molecule has 1 fully saturated rings. The SMILES string of the molecule is COC(=O)[C@H]1CC[NH2+][C@H]1c1ccc(Cl)cc1Cl. The number of ether oxygens (including phenoxy) is 1. The number of hydrogen-bond acceptors (Lipinski definition) is 2. The monoisotopic (exact) mass is 274 g/mol. The lowest BCUT2D eigenvalue weighted by Gasteiger charge is -2.16. The van der Waals surface area contributed by atoms with Gasteiger partial charge in [0.25, 0.3) is 0 Å². The first kappa shape index (κ1) is 12.7. The van der Waals surface area contributed by atoms with E-state index in [-0.39, 0.29) is 17.9 Å². The predicted octanol–water partition coefficient (Wildman–Crippen LogP) is 1.79. The van der Waals surface area contributed by atoms with Crippen LogP contribution in [0.5, 0.6) is 0 Å². The third-order valence-corrected chi connectivity index (χ3v) is 3.72. The fraction of sp³-hybridized carbons (Fsp3) is 0.417. The first-order valence-corrected chi connectivity index (χ1v) is 6.25. The average Bonchev–Trinajstić information content (AvgIpc) is 2.77. The van der Waals surface area contributed by atoms with Gasteiger partial charge in [-0.25, -0.2) is 0 Å². The molecule has 1 aromatic rings. The van der Waals surface area contributed by atoms with E-state index in [0.29, 0.717) is 10.0 Å². The van der Waals surface area contributed by atoms with Crippen LogP contribution in [0.25, 0.3) is 0 Å². The molecule has 1 heterocycles. The maximum absolute atomic E-state index is 11.7. The zero-order valence-corrected chi connectivity index (χ0v) is 11.0. The van der Waals surface area contributed by atoms with Gasteiger partial charge in [0, 0.05) is 17.0 Å². The van der Waals surface area contributed by atoms with Crippen molar-refractivity contribution in [2.24, 2.45) is 5.92 Å². The molecule has 2 atom stereocenters. The van der Waals surface area contributed by atoms with Crippen molar-refractivity contribution in [2.75, 3.05) is 13.7 Å². The van der Waals surface area contributed by atoms with E-state index < -0.39 is 0 Å². The van der Waals surface area contributed by atoms with Crippen LogP contribution in [0, 0.1) is 5.92 Å². The Morgan fingerprint density at radius 2 is 2.24 bits per heavy atom. The van der Waals surface area contributed by atoms with Crippen LogP contribution in [0.1, 0.15) is 18.0 Å². The van der Waals surface area contributed by atoms with E-state index >= 15 is 0 Å². The van der Waals surface area contributed by atoms with Crippen LogP contribution >= 0.6 is 23.2 Å². The molecule has 0 radical (unpaired) electrons. The first-order chi connectivity index (χ1) is 8.13. The second kappa shape index (κ2) is 5.25. The van der Waals surface area contributed by atoms with Gasteiger partial charge in [0.15, 0.2) is 0 Å². The second-order valence-corrected chi connectivity index (χ2v) is 4.98. The number of benzene rings is 1. The van der Waals surface area contributed by atoms with Crippen LogP contribution in [0.3, 0.4) is 0 Å². The number of hydrogen-bond donors (Lipinski definition) is 1. The fourth-order valence-corrected chi connectivity index (χ4v) is 2.87. The summed E-state index contributed by atoms with van der Waals surface area (Å²) in [5, 5.41) is 3.33. The lowest BCUT2D eigenvalue weighted by Crippen LogP contribution is -2.82. The summed E-state index contributed by atoms with van der Waals surface area (Å²) in [6, 6.07) is 5.42. The minimum absolute atomic E-state index is 0.0345. The Kier molecular flexibility index (Phi) is 3.92. The van der Waals surface area contributed by atoms with Crippen LogP contribution < -0.4 is 5.32 Å². The van der Waals surface area contributed by atoms with Crippen LogP contribution in [0.15, 0.2) is 18.2 Å². The highest BCUT2D eigenvalue weighted by molar-refractivity contribution is 6.35. The highest BCUT2D eigenvalue weighted by Crippen LogP contribution is 2.32. The van der Waals surface area contributed by atoms with Crippen LogP contribution in [-0.2, 0) is 9.53 Å². The molecule has 0 aromatic heterocycles. The summed E-state index contributed by atoms with van der Waals surface area (Å²) in [4.78, 5) is 11.7. The van der Waals surface area contributed by atoms with Gasteiger partial charge in [0.1, 0.15) is 12.0 Å². The van der Waals surface area contributed by atoms with Crippen LogP contribution in [-0.4, -0.2) is 19.6 Å². The summed E-state index contributed by atoms with van der Waals surface area (Å²) < 4.78 is 4.82. The Hall–Kier alpha value is -0.770. The van der Waals surface area contributed by atoms with E-state index in [0.717, 1.165) is 18.5 Å². The molecule has 0 amide bonds. The summed E-state index contributed by atoms with van der Waals surface area (Å²) >= 11 is 12.0. The van der Waals surface area contributed by atoms with E-state index in [1.807, 2.05) is 6.07 Å². The average molecular weight is 275 g/mol. The van der Waals surface area contributed by atoms with Gasteiger partial charge < -0.3 is 10.1 Å². The zero-order valence-electron chi connectivity index (χ0n) is 9.45. The molecule has 1 saturated heterocycles. The van der Waals surface area contributed by atoms with Crippen molar-refractivity contribution >= 4 is 29.2 Å². The molecule has 92 valence electrons. The second-order valence-electron chi connectivity index (χ2n) is 4.13. The lowest BCUT2D eigenvalue weighted by atomic mass is 9.94. The lowest BCUT2D eigenvalue weighted by molar-refractivity contribution is -0.678. The Labute approximate surface area is 110 Å². The van der Waals surface area contributed by atoms with E-state index in [1.165, 1.54) is 7.11 Å². The molecular formula is C12H14Cl2NO2+. The Balaban J connectivity index is 2.29. The van der Waals surface area contributed by atoms with E-state index in [1.54, 1.807) is 12.1 Å². The van der Waals surface area contributed by atoms with Crippen molar-refractivity contribution in [1.29, 1.82) is 0 Å². The first-order valence-electron chi connectivity index (χ1n) is 5.49. The highest BCUT2D eigenvalue weighted by Gasteiger charge is 2.39. The molecule has 0 saturated carbocycles. The quantitative estimate of drug-likeness (QED) is 0.836. The number of quaternary nitrogens is 1. The molecule has 1 aliphatic rings. The molecule has 1 aromatic carbocycles. The molecular weight excluding hydrogens is 261 g/mol. The van der Waals surface area contributed by atoms with Gasteiger partial charge in [-0.3, -0.25) is 4.79 Å². The summed E-state index contributed by atoms with van der Waals surface area (Å²) in [5.74, 6) is -0.298. The minimum Gasteiger partial charge on any atom is -0.469 e. The molecule has 0 bridgehead atoms. The summed E-state index contributed by atoms with van der Waals surface area (Å²) in [7, 11) is 1.42. The summed E-state index contributed by atoms with van der Waals surface area (Å²) in [6.45, 7) is 0.906. The number of nitrogens with two attached hydrogens (primary N) is 1. The van der Waals surface area contributed by atoms with Gasteiger partial charge in [-0.2, -0.15) is 0 Å². The summed E-state index contributed by atoms with van der Waals surface area (Å²) in [6.07, 6.45) is 0.816. The largest absolute Gasteiger partial charge is 0.469 e. The molecule has 2 N–H and O–H groups in total. The molecule has 2 rings (SSSR count). The molecule has 3 nitrogen and oxygen atoms in total. The molecule has 0 spiro atoms. The Bertz CT molecular complexity index is 437. The number of carbonyl (C=O) groups excluding carboxylic acids is 1. The van der Waals surface area contributed by atoms with Gasteiger partial charge in [0.05, 0.1) is 18.7 Å².